The number of benzene rings is 2. The van der Waals surface area contributed by atoms with E-state index in [-0.39, 0.29) is 11.9 Å². The lowest BCUT2D eigenvalue weighted by atomic mass is 9.99. The van der Waals surface area contributed by atoms with E-state index in [0.29, 0.717) is 6.42 Å². The number of rotatable bonds is 4. The van der Waals surface area contributed by atoms with Crippen LogP contribution in [0, 0.1) is 0 Å². The minimum absolute atomic E-state index is 0.0372. The number of amides is 1. The van der Waals surface area contributed by atoms with Gasteiger partial charge in [0.15, 0.2) is 0 Å². The Balaban J connectivity index is 1.97. The molecule has 2 aromatic rings. The first-order chi connectivity index (χ1) is 11.2. The summed E-state index contributed by atoms with van der Waals surface area (Å²) in [6.07, 6.45) is 3.57. The van der Waals surface area contributed by atoms with E-state index < -0.39 is 0 Å². The molecule has 3 heteroatoms. The molecule has 1 N–H and O–H groups in total. The largest absolute Gasteiger partial charge is 0.355 e. The van der Waals surface area contributed by atoms with Crippen molar-refractivity contribution in [3.8, 4) is 0 Å². The van der Waals surface area contributed by atoms with Gasteiger partial charge in [-0.1, -0.05) is 43.3 Å². The van der Waals surface area contributed by atoms with E-state index in [2.05, 4.69) is 24.4 Å². The lowest BCUT2D eigenvalue weighted by Crippen LogP contribution is -2.40. The van der Waals surface area contributed by atoms with Crippen molar-refractivity contribution in [2.45, 2.75) is 32.7 Å². The normalized spacial score (nSPS) is 16.5. The lowest BCUT2D eigenvalue weighted by Gasteiger charge is -2.34. The molecule has 1 atom stereocenters. The average Bonchev–Trinajstić information content (AvgIpc) is 2.56. The van der Waals surface area contributed by atoms with Gasteiger partial charge in [0.2, 0.25) is 5.91 Å². The molecule has 0 saturated carbocycles. The fourth-order valence-corrected chi connectivity index (χ4v) is 3.02. The van der Waals surface area contributed by atoms with E-state index in [1.54, 1.807) is 0 Å². The first-order valence-corrected chi connectivity index (χ1v) is 8.16. The summed E-state index contributed by atoms with van der Waals surface area (Å²) in [6, 6.07) is 18.2. The lowest BCUT2D eigenvalue weighted by molar-refractivity contribution is -0.118. The summed E-state index contributed by atoms with van der Waals surface area (Å²) >= 11 is 0. The molecule has 1 heterocycles. The maximum atomic E-state index is 12.5. The highest BCUT2D eigenvalue weighted by Crippen LogP contribution is 2.35. The Hall–Kier alpha value is -2.55. The first kappa shape index (κ1) is 15.3. The van der Waals surface area contributed by atoms with Crippen LogP contribution in [0.1, 0.15) is 32.3 Å². The predicted molar refractivity (Wildman–Crippen MR) is 96.3 cm³/mol. The van der Waals surface area contributed by atoms with Crippen LogP contribution in [-0.2, 0) is 4.79 Å². The average molecular weight is 306 g/mol. The van der Waals surface area contributed by atoms with Gasteiger partial charge in [-0.05, 0) is 37.6 Å². The molecule has 0 aromatic heterocycles. The van der Waals surface area contributed by atoms with Crippen molar-refractivity contribution in [2.24, 2.45) is 0 Å². The summed E-state index contributed by atoms with van der Waals surface area (Å²) in [6.45, 7) is 4.10. The SMILES string of the molecule is CCCC(=O)N1c2ccccc2C(Nc2ccccc2)=C[C@@H]1C. The highest BCUT2D eigenvalue weighted by molar-refractivity contribution is 6.00. The molecule has 118 valence electrons. The van der Waals surface area contributed by atoms with Crippen LogP contribution in [0.25, 0.3) is 5.70 Å². The van der Waals surface area contributed by atoms with E-state index in [9.17, 15) is 4.79 Å². The van der Waals surface area contributed by atoms with Gasteiger partial charge in [0, 0.05) is 23.4 Å². The maximum Gasteiger partial charge on any atom is 0.227 e. The third-order valence-electron chi connectivity index (χ3n) is 4.05. The molecule has 0 bridgehead atoms. The van der Waals surface area contributed by atoms with Crippen LogP contribution in [0.15, 0.2) is 60.7 Å². The summed E-state index contributed by atoms with van der Waals surface area (Å²) in [5, 5.41) is 3.48. The molecule has 0 aliphatic carbocycles. The number of hydrogen-bond donors (Lipinski definition) is 1. The van der Waals surface area contributed by atoms with Gasteiger partial charge < -0.3 is 10.2 Å². The zero-order valence-corrected chi connectivity index (χ0v) is 13.6. The van der Waals surface area contributed by atoms with Gasteiger partial charge in [-0.2, -0.15) is 0 Å². The standard InChI is InChI=1S/C20H22N2O/c1-3-9-20(23)22-15(2)14-18(17-12-7-8-13-19(17)22)21-16-10-5-4-6-11-16/h4-8,10-15,21H,3,9H2,1-2H3/t15-/m0/s1. The number of carbonyl (C=O) groups is 1. The predicted octanol–water partition coefficient (Wildman–Crippen LogP) is 4.67. The van der Waals surface area contributed by atoms with Crippen molar-refractivity contribution in [2.75, 3.05) is 10.2 Å². The highest BCUT2D eigenvalue weighted by atomic mass is 16.2. The number of para-hydroxylation sites is 2. The minimum Gasteiger partial charge on any atom is -0.355 e. The van der Waals surface area contributed by atoms with Crippen LogP contribution in [0.4, 0.5) is 11.4 Å². The van der Waals surface area contributed by atoms with Crippen LogP contribution >= 0.6 is 0 Å². The molecule has 0 unspecified atom stereocenters. The Morgan fingerprint density at radius 2 is 1.78 bits per heavy atom. The van der Waals surface area contributed by atoms with Crippen molar-refractivity contribution < 1.29 is 4.79 Å². The van der Waals surface area contributed by atoms with Gasteiger partial charge in [-0.15, -0.1) is 0 Å². The number of fused-ring (bicyclic) bond motifs is 1. The zero-order chi connectivity index (χ0) is 16.2. The third kappa shape index (κ3) is 3.14. The van der Waals surface area contributed by atoms with Crippen molar-refractivity contribution in [1.82, 2.24) is 0 Å². The minimum atomic E-state index is 0.0372. The van der Waals surface area contributed by atoms with E-state index in [1.807, 2.05) is 60.4 Å². The molecule has 0 fully saturated rings. The van der Waals surface area contributed by atoms with Crippen LogP contribution in [-0.4, -0.2) is 11.9 Å². The third-order valence-corrected chi connectivity index (χ3v) is 4.05. The quantitative estimate of drug-likeness (QED) is 0.890. The monoisotopic (exact) mass is 306 g/mol. The maximum absolute atomic E-state index is 12.5. The Morgan fingerprint density at radius 1 is 1.09 bits per heavy atom. The number of hydrogen-bond acceptors (Lipinski definition) is 2. The molecule has 1 aliphatic heterocycles. The van der Waals surface area contributed by atoms with Gasteiger partial charge >= 0.3 is 0 Å². The van der Waals surface area contributed by atoms with E-state index in [4.69, 9.17) is 0 Å². The Labute approximate surface area is 137 Å². The fraction of sp³-hybridized carbons (Fsp3) is 0.250. The second-order valence-corrected chi connectivity index (χ2v) is 5.84. The van der Waals surface area contributed by atoms with Crippen molar-refractivity contribution in [3.05, 3.63) is 66.2 Å². The zero-order valence-electron chi connectivity index (χ0n) is 13.6. The highest BCUT2D eigenvalue weighted by Gasteiger charge is 2.27. The molecular formula is C20H22N2O. The van der Waals surface area contributed by atoms with Crippen LogP contribution in [0.5, 0.6) is 0 Å². The van der Waals surface area contributed by atoms with Gasteiger partial charge in [0.25, 0.3) is 0 Å². The number of anilines is 2. The number of carbonyl (C=O) groups excluding carboxylic acids is 1. The molecule has 3 rings (SSSR count). The molecular weight excluding hydrogens is 284 g/mol. The Morgan fingerprint density at radius 3 is 2.52 bits per heavy atom. The van der Waals surface area contributed by atoms with Gasteiger partial charge in [-0.3, -0.25) is 4.79 Å². The summed E-state index contributed by atoms with van der Waals surface area (Å²) in [4.78, 5) is 14.4. The number of nitrogens with zero attached hydrogens (tertiary/aromatic N) is 1. The summed E-state index contributed by atoms with van der Waals surface area (Å²) < 4.78 is 0. The molecule has 1 amide bonds. The molecule has 1 aliphatic rings. The smallest absolute Gasteiger partial charge is 0.227 e. The summed E-state index contributed by atoms with van der Waals surface area (Å²) in [7, 11) is 0. The van der Waals surface area contributed by atoms with Crippen molar-refractivity contribution >= 4 is 23.0 Å². The Bertz CT molecular complexity index is 721. The second kappa shape index (κ2) is 6.69. The topological polar surface area (TPSA) is 32.3 Å². The molecule has 23 heavy (non-hydrogen) atoms. The van der Waals surface area contributed by atoms with Crippen LogP contribution < -0.4 is 10.2 Å². The summed E-state index contributed by atoms with van der Waals surface area (Å²) in [5.74, 6) is 0.183. The van der Waals surface area contributed by atoms with Crippen molar-refractivity contribution in [1.29, 1.82) is 0 Å². The molecule has 2 aromatic carbocycles. The van der Waals surface area contributed by atoms with Gasteiger partial charge in [0.05, 0.1) is 11.7 Å². The second-order valence-electron chi connectivity index (χ2n) is 5.84. The first-order valence-electron chi connectivity index (χ1n) is 8.16. The van der Waals surface area contributed by atoms with E-state index in [1.165, 1.54) is 0 Å². The van der Waals surface area contributed by atoms with E-state index in [0.717, 1.165) is 29.1 Å². The number of nitrogens with one attached hydrogen (secondary N) is 1. The molecule has 0 radical (unpaired) electrons. The fourth-order valence-electron chi connectivity index (χ4n) is 3.02. The van der Waals surface area contributed by atoms with Crippen LogP contribution in [0.2, 0.25) is 0 Å². The Kier molecular flexibility index (Phi) is 4.47. The van der Waals surface area contributed by atoms with Gasteiger partial charge in [-0.25, -0.2) is 0 Å². The molecule has 0 saturated heterocycles. The summed E-state index contributed by atoms with van der Waals surface area (Å²) in [5.41, 5.74) is 4.16. The van der Waals surface area contributed by atoms with Crippen molar-refractivity contribution in [3.63, 3.8) is 0 Å². The molecule has 0 spiro atoms. The van der Waals surface area contributed by atoms with E-state index >= 15 is 0 Å². The van der Waals surface area contributed by atoms with Crippen LogP contribution in [0.3, 0.4) is 0 Å². The van der Waals surface area contributed by atoms with Gasteiger partial charge in [0.1, 0.15) is 0 Å². The molecule has 3 nitrogen and oxygen atoms in total.